The van der Waals surface area contributed by atoms with Crippen LogP contribution in [0.25, 0.3) is 11.4 Å². The molecule has 0 saturated heterocycles. The largest absolute Gasteiger partial charge is 0.442 e. The molecule has 3 aromatic rings. The van der Waals surface area contributed by atoms with Gasteiger partial charge in [0.2, 0.25) is 5.91 Å². The molecule has 29 heavy (non-hydrogen) atoms. The topological polar surface area (TPSA) is 106 Å². The predicted octanol–water partition coefficient (Wildman–Crippen LogP) is 2.34. The van der Waals surface area contributed by atoms with Gasteiger partial charge in [0.25, 0.3) is 5.91 Å². The van der Waals surface area contributed by atoms with Crippen molar-refractivity contribution < 1.29 is 14.1 Å². The minimum absolute atomic E-state index is 0.166. The van der Waals surface area contributed by atoms with Crippen LogP contribution in [0.1, 0.15) is 28.8 Å². The molecule has 0 atom stereocenters. The van der Waals surface area contributed by atoms with Crippen molar-refractivity contribution in [2.45, 2.75) is 32.4 Å². The molecular weight excluding hydrogens is 372 g/mol. The van der Waals surface area contributed by atoms with Gasteiger partial charge in [-0.25, -0.2) is 9.36 Å². The lowest BCUT2D eigenvalue weighted by Gasteiger charge is -2.09. The molecule has 0 spiro atoms. The molecule has 1 saturated carbocycles. The Balaban J connectivity index is 1.50. The van der Waals surface area contributed by atoms with E-state index in [-0.39, 0.29) is 18.5 Å². The molecule has 1 heterocycles. The Kier molecular flexibility index (Phi) is 4.99. The summed E-state index contributed by atoms with van der Waals surface area (Å²) in [4.78, 5) is 36.8. The maximum Gasteiger partial charge on any atom is 0.442 e. The van der Waals surface area contributed by atoms with Crippen LogP contribution >= 0.6 is 0 Å². The summed E-state index contributed by atoms with van der Waals surface area (Å²) >= 11 is 0. The smallest absolute Gasteiger partial charge is 0.349 e. The lowest BCUT2D eigenvalue weighted by molar-refractivity contribution is -0.116. The molecule has 1 aromatic heterocycles. The molecule has 2 N–H and O–H groups in total. The zero-order chi connectivity index (χ0) is 20.4. The second-order valence-electron chi connectivity index (χ2n) is 7.05. The molecule has 8 nitrogen and oxygen atoms in total. The quantitative estimate of drug-likeness (QED) is 0.670. The summed E-state index contributed by atoms with van der Waals surface area (Å²) in [6, 6.07) is 14.3. The van der Waals surface area contributed by atoms with Gasteiger partial charge in [-0.15, -0.1) is 0 Å². The zero-order valence-electron chi connectivity index (χ0n) is 15.8. The van der Waals surface area contributed by atoms with Crippen LogP contribution in [0.5, 0.6) is 0 Å². The van der Waals surface area contributed by atoms with E-state index in [2.05, 4.69) is 15.8 Å². The fourth-order valence-electron chi connectivity index (χ4n) is 3.00. The number of carbonyl (C=O) groups excluding carboxylic acids is 2. The summed E-state index contributed by atoms with van der Waals surface area (Å²) in [7, 11) is 0. The molecule has 0 aliphatic heterocycles. The summed E-state index contributed by atoms with van der Waals surface area (Å²) < 4.78 is 5.96. The van der Waals surface area contributed by atoms with Crippen molar-refractivity contribution in [1.82, 2.24) is 15.0 Å². The van der Waals surface area contributed by atoms with Gasteiger partial charge < -0.3 is 10.6 Å². The molecule has 1 aliphatic carbocycles. The number of nitrogens with one attached hydrogen (secondary N) is 2. The third-order valence-electron chi connectivity index (χ3n) is 4.70. The second kappa shape index (κ2) is 7.75. The first-order chi connectivity index (χ1) is 14.0. The summed E-state index contributed by atoms with van der Waals surface area (Å²) in [5.41, 5.74) is 2.56. The maximum absolute atomic E-state index is 12.5. The van der Waals surface area contributed by atoms with Crippen molar-refractivity contribution >= 4 is 17.5 Å². The lowest BCUT2D eigenvalue weighted by atomic mass is 10.1. The number of amides is 2. The number of benzene rings is 2. The van der Waals surface area contributed by atoms with Gasteiger partial charge in [-0.1, -0.05) is 35.5 Å². The minimum Gasteiger partial charge on any atom is -0.349 e. The van der Waals surface area contributed by atoms with Gasteiger partial charge in [0, 0.05) is 22.9 Å². The lowest BCUT2D eigenvalue weighted by Crippen LogP contribution is -2.27. The second-order valence-corrected chi connectivity index (χ2v) is 7.05. The number of hydrogen-bond donors (Lipinski definition) is 2. The van der Waals surface area contributed by atoms with E-state index in [0.717, 1.165) is 18.4 Å². The van der Waals surface area contributed by atoms with Crippen LogP contribution in [0, 0.1) is 6.92 Å². The van der Waals surface area contributed by atoms with E-state index >= 15 is 0 Å². The van der Waals surface area contributed by atoms with Gasteiger partial charge in [-0.3, -0.25) is 14.1 Å². The van der Waals surface area contributed by atoms with E-state index in [1.54, 1.807) is 24.3 Å². The molecule has 4 rings (SSSR count). The first-order valence-electron chi connectivity index (χ1n) is 9.34. The normalized spacial score (nSPS) is 13.1. The Bertz CT molecular complexity index is 1130. The van der Waals surface area contributed by atoms with Crippen LogP contribution in [-0.4, -0.2) is 27.6 Å². The standard InChI is InChI=1S/C21H20N4O4/c1-13-5-2-3-8-17(13)19-24-29-21(28)25(19)12-18(26)22-16-7-4-6-14(11-16)20(27)23-15-9-10-15/h2-8,11,15H,9-10,12H2,1H3,(H,22,26)(H,23,27). The minimum atomic E-state index is -0.712. The number of carbonyl (C=O) groups is 2. The molecule has 148 valence electrons. The summed E-state index contributed by atoms with van der Waals surface area (Å²) in [6.07, 6.45) is 2.00. The average molecular weight is 392 g/mol. The Morgan fingerprint density at radius 1 is 1.17 bits per heavy atom. The molecule has 0 unspecified atom stereocenters. The highest BCUT2D eigenvalue weighted by atomic mass is 16.5. The molecule has 2 amide bonds. The Hall–Kier alpha value is -3.68. The first kappa shape index (κ1) is 18.7. The molecule has 0 radical (unpaired) electrons. The Morgan fingerprint density at radius 3 is 2.72 bits per heavy atom. The van der Waals surface area contributed by atoms with E-state index in [9.17, 15) is 14.4 Å². The fraction of sp³-hybridized carbons (Fsp3) is 0.238. The monoisotopic (exact) mass is 392 g/mol. The van der Waals surface area contributed by atoms with Crippen molar-refractivity contribution in [3.63, 3.8) is 0 Å². The molecular formula is C21H20N4O4. The number of anilines is 1. The van der Waals surface area contributed by atoms with Crippen molar-refractivity contribution in [3.05, 3.63) is 70.2 Å². The number of aromatic nitrogens is 2. The molecule has 1 fully saturated rings. The van der Waals surface area contributed by atoms with E-state index in [0.29, 0.717) is 22.6 Å². The van der Waals surface area contributed by atoms with Gasteiger partial charge in [-0.05, 0) is 43.5 Å². The number of rotatable bonds is 6. The summed E-state index contributed by atoms with van der Waals surface area (Å²) in [5.74, 6) is -1.01. The van der Waals surface area contributed by atoms with Crippen LogP contribution in [0.2, 0.25) is 0 Å². The maximum atomic E-state index is 12.5. The number of hydrogen-bond acceptors (Lipinski definition) is 5. The van der Waals surface area contributed by atoms with E-state index in [1.807, 2.05) is 31.2 Å². The van der Waals surface area contributed by atoms with E-state index < -0.39 is 11.7 Å². The van der Waals surface area contributed by atoms with E-state index in [1.165, 1.54) is 4.57 Å². The van der Waals surface area contributed by atoms with Crippen LogP contribution in [0.3, 0.4) is 0 Å². The predicted molar refractivity (Wildman–Crippen MR) is 106 cm³/mol. The summed E-state index contributed by atoms with van der Waals surface area (Å²) in [6.45, 7) is 1.63. The van der Waals surface area contributed by atoms with Crippen LogP contribution in [0.4, 0.5) is 5.69 Å². The SMILES string of the molecule is Cc1ccccc1-c1noc(=O)n1CC(=O)Nc1cccc(C(=O)NC2CC2)c1. The Labute approximate surface area is 166 Å². The van der Waals surface area contributed by atoms with Crippen LogP contribution in [-0.2, 0) is 11.3 Å². The first-order valence-corrected chi connectivity index (χ1v) is 9.34. The highest BCUT2D eigenvalue weighted by Gasteiger charge is 2.24. The third-order valence-corrected chi connectivity index (χ3v) is 4.70. The summed E-state index contributed by atoms with van der Waals surface area (Å²) in [5, 5.41) is 9.44. The number of aryl methyl sites for hydroxylation is 1. The van der Waals surface area contributed by atoms with Crippen molar-refractivity contribution in [3.8, 4) is 11.4 Å². The highest BCUT2D eigenvalue weighted by Crippen LogP contribution is 2.21. The molecule has 2 aromatic carbocycles. The average Bonchev–Trinajstić information content (AvgIpc) is 3.45. The van der Waals surface area contributed by atoms with Crippen LogP contribution < -0.4 is 16.4 Å². The van der Waals surface area contributed by atoms with Crippen LogP contribution in [0.15, 0.2) is 57.8 Å². The zero-order valence-corrected chi connectivity index (χ0v) is 15.8. The van der Waals surface area contributed by atoms with Crippen molar-refractivity contribution in [1.29, 1.82) is 0 Å². The van der Waals surface area contributed by atoms with Gasteiger partial charge in [0.05, 0.1) is 0 Å². The Morgan fingerprint density at radius 2 is 1.97 bits per heavy atom. The van der Waals surface area contributed by atoms with E-state index in [4.69, 9.17) is 4.52 Å². The highest BCUT2D eigenvalue weighted by molar-refractivity contribution is 5.97. The number of nitrogens with zero attached hydrogens (tertiary/aromatic N) is 2. The fourth-order valence-corrected chi connectivity index (χ4v) is 3.00. The van der Waals surface area contributed by atoms with Gasteiger partial charge >= 0.3 is 5.76 Å². The molecule has 8 heteroatoms. The third kappa shape index (κ3) is 4.26. The molecule has 1 aliphatic rings. The van der Waals surface area contributed by atoms with Gasteiger partial charge in [0.1, 0.15) is 6.54 Å². The van der Waals surface area contributed by atoms with Gasteiger partial charge in [-0.2, -0.15) is 0 Å². The van der Waals surface area contributed by atoms with Gasteiger partial charge in [0.15, 0.2) is 5.82 Å². The van der Waals surface area contributed by atoms with Crippen molar-refractivity contribution in [2.24, 2.45) is 0 Å². The molecule has 0 bridgehead atoms. The van der Waals surface area contributed by atoms with Crippen molar-refractivity contribution in [2.75, 3.05) is 5.32 Å².